The van der Waals surface area contributed by atoms with Crippen LogP contribution in [0.15, 0.2) is 231 Å². The Morgan fingerprint density at radius 2 is 0.806 bits per heavy atom. The Hall–Kier alpha value is -8.21. The molecule has 0 N–H and O–H groups in total. The largest absolute Gasteiger partial charge is 0.309 e. The number of para-hydroxylation sites is 2. The lowest BCUT2D eigenvalue weighted by Crippen LogP contribution is -2.29. The third kappa shape index (κ3) is 5.50. The maximum absolute atomic E-state index is 5.29. The van der Waals surface area contributed by atoms with Crippen molar-refractivity contribution in [2.75, 3.05) is 0 Å². The van der Waals surface area contributed by atoms with E-state index in [-0.39, 0.29) is 0 Å². The summed E-state index contributed by atoms with van der Waals surface area (Å²) in [5, 5.41) is 2.35. The number of fused-ring (bicyclic) bond motifs is 6. The van der Waals surface area contributed by atoms with Crippen LogP contribution in [0.25, 0.3) is 83.9 Å². The van der Waals surface area contributed by atoms with Gasteiger partial charge in [-0.15, -0.1) is 0 Å². The quantitative estimate of drug-likeness (QED) is 0.161. The SMILES string of the molecule is c1ccc(-c2nc(-c3ccccc3)nc(-c3cc(-c4cccc5c4C(c4ccccc4)(c4ccccc4)c4ccccc4-5)c4c5ccccc5n(-c5ccccc5)c4c3)n2)cc1. The van der Waals surface area contributed by atoms with Gasteiger partial charge in [0.15, 0.2) is 17.5 Å². The van der Waals surface area contributed by atoms with Gasteiger partial charge in [-0.2, -0.15) is 0 Å². The van der Waals surface area contributed by atoms with E-state index in [0.717, 1.165) is 44.5 Å². The van der Waals surface area contributed by atoms with Crippen molar-refractivity contribution in [1.82, 2.24) is 19.5 Å². The third-order valence-electron chi connectivity index (χ3n) is 12.5. The van der Waals surface area contributed by atoms with Gasteiger partial charge in [0.2, 0.25) is 0 Å². The summed E-state index contributed by atoms with van der Waals surface area (Å²) in [4.78, 5) is 15.7. The number of benzene rings is 9. The minimum Gasteiger partial charge on any atom is -0.309 e. The first-order valence-electron chi connectivity index (χ1n) is 21.1. The van der Waals surface area contributed by atoms with Gasteiger partial charge in [0.1, 0.15) is 0 Å². The Morgan fingerprint density at radius 1 is 0.339 bits per heavy atom. The Kier molecular flexibility index (Phi) is 8.36. The standard InChI is InChI=1S/C58H38N4/c1-6-21-39(22-7-1)55-59-56(40-23-8-2-9-24-40)61-57(60-55)41-37-49(53-48-32-17-19-36-51(48)62(52(53)38-41)44-29-14-5-15-30-44)47-34-20-33-46-45-31-16-18-35-50(45)58(54(46)47,42-25-10-3-11-26-42)43-27-12-4-13-28-43/h1-38H. The van der Waals surface area contributed by atoms with Crippen LogP contribution >= 0.6 is 0 Å². The first-order valence-corrected chi connectivity index (χ1v) is 21.1. The fourth-order valence-electron chi connectivity index (χ4n) is 9.96. The molecule has 0 unspecified atom stereocenters. The fraction of sp³-hybridized carbons (Fsp3) is 0.0172. The summed E-state index contributed by atoms with van der Waals surface area (Å²) < 4.78 is 2.40. The number of nitrogens with zero attached hydrogens (tertiary/aromatic N) is 4. The second-order valence-corrected chi connectivity index (χ2v) is 15.9. The molecule has 4 heteroatoms. The molecule has 0 bridgehead atoms. The zero-order valence-corrected chi connectivity index (χ0v) is 33.7. The van der Waals surface area contributed by atoms with Gasteiger partial charge in [0, 0.05) is 33.2 Å². The zero-order valence-electron chi connectivity index (χ0n) is 33.7. The van der Waals surface area contributed by atoms with E-state index >= 15 is 0 Å². The van der Waals surface area contributed by atoms with Crippen molar-refractivity contribution in [2.45, 2.75) is 5.41 Å². The molecule has 4 nitrogen and oxygen atoms in total. The Labute approximate surface area is 360 Å². The second-order valence-electron chi connectivity index (χ2n) is 15.9. The summed E-state index contributed by atoms with van der Waals surface area (Å²) >= 11 is 0. The van der Waals surface area contributed by atoms with Crippen LogP contribution in [-0.2, 0) is 5.41 Å². The highest BCUT2D eigenvalue weighted by molar-refractivity contribution is 6.17. The molecule has 1 aliphatic rings. The van der Waals surface area contributed by atoms with Crippen molar-refractivity contribution in [1.29, 1.82) is 0 Å². The van der Waals surface area contributed by atoms with E-state index in [2.05, 4.69) is 199 Å². The fourth-order valence-corrected chi connectivity index (χ4v) is 9.96. The summed E-state index contributed by atoms with van der Waals surface area (Å²) in [6.07, 6.45) is 0. The number of hydrogen-bond donors (Lipinski definition) is 0. The lowest BCUT2D eigenvalue weighted by molar-refractivity contribution is 0.770. The molecule has 9 aromatic carbocycles. The van der Waals surface area contributed by atoms with Gasteiger partial charge in [-0.05, 0) is 74.8 Å². The van der Waals surface area contributed by atoms with Gasteiger partial charge >= 0.3 is 0 Å². The van der Waals surface area contributed by atoms with Crippen LogP contribution in [0.1, 0.15) is 22.3 Å². The minimum atomic E-state index is -0.612. The van der Waals surface area contributed by atoms with E-state index in [4.69, 9.17) is 15.0 Å². The van der Waals surface area contributed by atoms with Gasteiger partial charge in [0.05, 0.1) is 16.4 Å². The predicted molar refractivity (Wildman–Crippen MR) is 253 cm³/mol. The molecule has 12 rings (SSSR count). The van der Waals surface area contributed by atoms with E-state index < -0.39 is 5.41 Å². The van der Waals surface area contributed by atoms with Crippen LogP contribution in [-0.4, -0.2) is 19.5 Å². The predicted octanol–water partition coefficient (Wildman–Crippen LogP) is 14.0. The molecule has 0 spiro atoms. The molecule has 290 valence electrons. The average Bonchev–Trinajstić information content (AvgIpc) is 3.86. The monoisotopic (exact) mass is 790 g/mol. The summed E-state index contributed by atoms with van der Waals surface area (Å²) in [5.74, 6) is 1.87. The van der Waals surface area contributed by atoms with Crippen LogP contribution in [0.5, 0.6) is 0 Å². The van der Waals surface area contributed by atoms with Gasteiger partial charge in [-0.3, -0.25) is 0 Å². The molecule has 11 aromatic rings. The Balaban J connectivity index is 1.24. The van der Waals surface area contributed by atoms with Gasteiger partial charge < -0.3 is 4.57 Å². The molecular formula is C58H38N4. The summed E-state index contributed by atoms with van der Waals surface area (Å²) in [6, 6.07) is 82.5. The van der Waals surface area contributed by atoms with Crippen LogP contribution in [0.4, 0.5) is 0 Å². The van der Waals surface area contributed by atoms with Crippen molar-refractivity contribution in [3.05, 3.63) is 253 Å². The van der Waals surface area contributed by atoms with Gasteiger partial charge in [-0.1, -0.05) is 200 Å². The molecule has 0 aliphatic heterocycles. The minimum absolute atomic E-state index is 0.610. The smallest absolute Gasteiger partial charge is 0.164 e. The number of hydrogen-bond acceptors (Lipinski definition) is 3. The summed E-state index contributed by atoms with van der Waals surface area (Å²) in [6.45, 7) is 0. The van der Waals surface area contributed by atoms with Crippen molar-refractivity contribution in [3.63, 3.8) is 0 Å². The van der Waals surface area contributed by atoms with E-state index in [1.807, 2.05) is 36.4 Å². The van der Waals surface area contributed by atoms with Gasteiger partial charge in [0.25, 0.3) is 0 Å². The van der Waals surface area contributed by atoms with Crippen LogP contribution in [0.3, 0.4) is 0 Å². The molecule has 2 aromatic heterocycles. The maximum Gasteiger partial charge on any atom is 0.164 e. The zero-order chi connectivity index (χ0) is 41.0. The Morgan fingerprint density at radius 3 is 1.42 bits per heavy atom. The van der Waals surface area contributed by atoms with Crippen molar-refractivity contribution >= 4 is 21.8 Å². The van der Waals surface area contributed by atoms with E-state index in [1.165, 1.54) is 44.2 Å². The molecule has 0 radical (unpaired) electrons. The first kappa shape index (κ1) is 35.7. The van der Waals surface area contributed by atoms with Crippen molar-refractivity contribution < 1.29 is 0 Å². The van der Waals surface area contributed by atoms with E-state index in [0.29, 0.717) is 17.5 Å². The maximum atomic E-state index is 5.29. The molecule has 0 saturated heterocycles. The molecule has 1 aliphatic carbocycles. The molecular weight excluding hydrogens is 753 g/mol. The normalized spacial score (nSPS) is 12.6. The van der Waals surface area contributed by atoms with Crippen LogP contribution in [0, 0.1) is 0 Å². The molecule has 0 atom stereocenters. The number of rotatable bonds is 7. The lowest BCUT2D eigenvalue weighted by Gasteiger charge is -2.35. The summed E-state index contributed by atoms with van der Waals surface area (Å²) in [5.41, 5.74) is 15.2. The highest BCUT2D eigenvalue weighted by Crippen LogP contribution is 2.59. The molecule has 0 saturated carbocycles. The second kappa shape index (κ2) is 14.5. The van der Waals surface area contributed by atoms with E-state index in [1.54, 1.807) is 0 Å². The molecule has 62 heavy (non-hydrogen) atoms. The lowest BCUT2D eigenvalue weighted by atomic mass is 9.66. The first-order chi connectivity index (χ1) is 30.8. The third-order valence-corrected chi connectivity index (χ3v) is 12.5. The topological polar surface area (TPSA) is 43.6 Å². The molecule has 2 heterocycles. The van der Waals surface area contributed by atoms with Gasteiger partial charge in [-0.25, -0.2) is 15.0 Å². The highest BCUT2D eigenvalue weighted by Gasteiger charge is 2.47. The molecule has 0 amide bonds. The average molecular weight is 791 g/mol. The Bertz CT molecular complexity index is 3340. The van der Waals surface area contributed by atoms with E-state index in [9.17, 15) is 0 Å². The van der Waals surface area contributed by atoms with Crippen molar-refractivity contribution in [3.8, 4) is 62.1 Å². The van der Waals surface area contributed by atoms with Crippen LogP contribution < -0.4 is 0 Å². The summed E-state index contributed by atoms with van der Waals surface area (Å²) in [7, 11) is 0. The van der Waals surface area contributed by atoms with Crippen LogP contribution in [0.2, 0.25) is 0 Å². The van der Waals surface area contributed by atoms with Crippen molar-refractivity contribution in [2.24, 2.45) is 0 Å². The highest BCUT2D eigenvalue weighted by atomic mass is 15.0. The molecule has 0 fully saturated rings. The number of aromatic nitrogens is 4.